The fourth-order valence-electron chi connectivity index (χ4n) is 2.65. The summed E-state index contributed by atoms with van der Waals surface area (Å²) in [4.78, 5) is 10.8. The highest BCUT2D eigenvalue weighted by Crippen LogP contribution is 2.34. The van der Waals surface area contributed by atoms with Crippen LogP contribution in [-0.4, -0.2) is 23.3 Å². The van der Waals surface area contributed by atoms with Crippen LogP contribution in [0.1, 0.15) is 46.5 Å². The molecular weight excluding hydrogens is 204 g/mol. The third-order valence-corrected chi connectivity index (χ3v) is 3.50. The minimum absolute atomic E-state index is 0.0255. The monoisotopic (exact) mass is 228 g/mol. The van der Waals surface area contributed by atoms with Crippen LogP contribution >= 0.6 is 0 Å². The van der Waals surface area contributed by atoms with Crippen molar-refractivity contribution in [3.63, 3.8) is 0 Å². The quantitative estimate of drug-likeness (QED) is 0.678. The SMILES string of the molecule is CC(C)(C)C(NC(=O)O)[C@H]1CC[C@H](N)CC1. The van der Waals surface area contributed by atoms with Gasteiger partial charge in [0.25, 0.3) is 0 Å². The second-order valence-electron chi connectivity index (χ2n) is 5.97. The van der Waals surface area contributed by atoms with Crippen LogP contribution in [0.3, 0.4) is 0 Å². The number of carboxylic acid groups (broad SMARTS) is 1. The normalized spacial score (nSPS) is 28.5. The van der Waals surface area contributed by atoms with Crippen LogP contribution < -0.4 is 11.1 Å². The summed E-state index contributed by atoms with van der Waals surface area (Å²) in [5.74, 6) is 0.427. The summed E-state index contributed by atoms with van der Waals surface area (Å²) in [5.41, 5.74) is 5.83. The summed E-state index contributed by atoms with van der Waals surface area (Å²) < 4.78 is 0. The fraction of sp³-hybridized carbons (Fsp3) is 0.917. The van der Waals surface area contributed by atoms with E-state index in [-0.39, 0.29) is 11.5 Å². The lowest BCUT2D eigenvalue weighted by molar-refractivity contribution is 0.133. The molecule has 0 aromatic carbocycles. The molecule has 1 amide bonds. The highest BCUT2D eigenvalue weighted by Gasteiger charge is 2.35. The fourth-order valence-corrected chi connectivity index (χ4v) is 2.65. The van der Waals surface area contributed by atoms with Gasteiger partial charge < -0.3 is 16.2 Å². The van der Waals surface area contributed by atoms with Crippen molar-refractivity contribution in [1.82, 2.24) is 5.32 Å². The second-order valence-corrected chi connectivity index (χ2v) is 5.97. The van der Waals surface area contributed by atoms with Crippen LogP contribution in [0.2, 0.25) is 0 Å². The summed E-state index contributed by atoms with van der Waals surface area (Å²) in [6, 6.07) is 0.333. The Kier molecular flexibility index (Phi) is 4.19. The molecule has 0 heterocycles. The summed E-state index contributed by atoms with van der Waals surface area (Å²) in [7, 11) is 0. The van der Waals surface area contributed by atoms with Gasteiger partial charge in [-0.05, 0) is 37.0 Å². The Labute approximate surface area is 97.6 Å². The zero-order chi connectivity index (χ0) is 12.3. The molecule has 0 aromatic heterocycles. The van der Waals surface area contributed by atoms with E-state index in [1.165, 1.54) is 0 Å². The van der Waals surface area contributed by atoms with Gasteiger partial charge in [-0.15, -0.1) is 0 Å². The second kappa shape index (κ2) is 5.04. The zero-order valence-electron chi connectivity index (χ0n) is 10.5. The maximum Gasteiger partial charge on any atom is 0.404 e. The van der Waals surface area contributed by atoms with E-state index < -0.39 is 6.09 Å². The number of nitrogens with two attached hydrogens (primary N) is 1. The molecule has 0 radical (unpaired) electrons. The van der Waals surface area contributed by atoms with Gasteiger partial charge in [-0.2, -0.15) is 0 Å². The van der Waals surface area contributed by atoms with Gasteiger partial charge in [-0.25, -0.2) is 4.79 Å². The molecule has 0 saturated heterocycles. The summed E-state index contributed by atoms with van der Waals surface area (Å²) in [6.45, 7) is 6.26. The average molecular weight is 228 g/mol. The van der Waals surface area contributed by atoms with Crippen molar-refractivity contribution in [2.24, 2.45) is 17.1 Å². The third-order valence-electron chi connectivity index (χ3n) is 3.50. The van der Waals surface area contributed by atoms with E-state index in [0.717, 1.165) is 25.7 Å². The van der Waals surface area contributed by atoms with Crippen molar-refractivity contribution >= 4 is 6.09 Å². The van der Waals surface area contributed by atoms with Crippen LogP contribution in [0.4, 0.5) is 4.79 Å². The first kappa shape index (κ1) is 13.3. The summed E-state index contributed by atoms with van der Waals surface area (Å²) in [6.07, 6.45) is 3.17. The van der Waals surface area contributed by atoms with Crippen LogP contribution in [0, 0.1) is 11.3 Å². The molecule has 4 heteroatoms. The van der Waals surface area contributed by atoms with Crippen LogP contribution in [-0.2, 0) is 0 Å². The van der Waals surface area contributed by atoms with Gasteiger partial charge in [0.15, 0.2) is 0 Å². The van der Waals surface area contributed by atoms with Crippen molar-refractivity contribution in [3.8, 4) is 0 Å². The molecule has 4 N–H and O–H groups in total. The zero-order valence-corrected chi connectivity index (χ0v) is 10.5. The van der Waals surface area contributed by atoms with Crippen LogP contribution in [0.25, 0.3) is 0 Å². The topological polar surface area (TPSA) is 75.3 Å². The minimum atomic E-state index is -0.921. The smallest absolute Gasteiger partial charge is 0.404 e. The van der Waals surface area contributed by atoms with E-state index >= 15 is 0 Å². The molecule has 4 nitrogen and oxygen atoms in total. The Bertz CT molecular complexity index is 240. The minimum Gasteiger partial charge on any atom is -0.465 e. The Morgan fingerprint density at radius 2 is 1.81 bits per heavy atom. The Morgan fingerprint density at radius 1 is 1.31 bits per heavy atom. The summed E-state index contributed by atoms with van der Waals surface area (Å²) in [5, 5.41) is 11.6. The van der Waals surface area contributed by atoms with Gasteiger partial charge in [0, 0.05) is 12.1 Å². The molecule has 94 valence electrons. The number of carbonyl (C=O) groups is 1. The first-order chi connectivity index (χ1) is 7.30. The third kappa shape index (κ3) is 3.67. The van der Waals surface area contributed by atoms with Crippen molar-refractivity contribution in [3.05, 3.63) is 0 Å². The molecule has 1 fully saturated rings. The Balaban J connectivity index is 2.65. The van der Waals surface area contributed by atoms with Gasteiger partial charge in [-0.1, -0.05) is 20.8 Å². The Morgan fingerprint density at radius 3 is 2.19 bits per heavy atom. The lowest BCUT2D eigenvalue weighted by Crippen LogP contribution is -2.49. The molecule has 1 atom stereocenters. The Hall–Kier alpha value is -0.770. The highest BCUT2D eigenvalue weighted by molar-refractivity contribution is 5.65. The number of rotatable bonds is 2. The predicted octanol–water partition coefficient (Wildman–Crippen LogP) is 2.19. The molecule has 16 heavy (non-hydrogen) atoms. The van der Waals surface area contributed by atoms with E-state index in [2.05, 4.69) is 26.1 Å². The average Bonchev–Trinajstić information content (AvgIpc) is 2.14. The van der Waals surface area contributed by atoms with E-state index in [4.69, 9.17) is 10.8 Å². The van der Waals surface area contributed by atoms with E-state index in [1.807, 2.05) is 0 Å². The van der Waals surface area contributed by atoms with Gasteiger partial charge in [0.2, 0.25) is 0 Å². The van der Waals surface area contributed by atoms with E-state index in [9.17, 15) is 4.79 Å². The van der Waals surface area contributed by atoms with Gasteiger partial charge >= 0.3 is 6.09 Å². The molecule has 1 aliphatic rings. The van der Waals surface area contributed by atoms with Crippen molar-refractivity contribution in [2.75, 3.05) is 0 Å². The molecule has 1 unspecified atom stereocenters. The highest BCUT2D eigenvalue weighted by atomic mass is 16.4. The van der Waals surface area contributed by atoms with Gasteiger partial charge in [-0.3, -0.25) is 0 Å². The molecule has 1 rings (SSSR count). The first-order valence-corrected chi connectivity index (χ1v) is 6.05. The van der Waals surface area contributed by atoms with Crippen LogP contribution in [0.15, 0.2) is 0 Å². The first-order valence-electron chi connectivity index (χ1n) is 6.05. The lowest BCUT2D eigenvalue weighted by Gasteiger charge is -2.39. The molecule has 1 aliphatic carbocycles. The summed E-state index contributed by atoms with van der Waals surface area (Å²) >= 11 is 0. The predicted molar refractivity (Wildman–Crippen MR) is 64.3 cm³/mol. The maximum absolute atomic E-state index is 10.8. The largest absolute Gasteiger partial charge is 0.465 e. The lowest BCUT2D eigenvalue weighted by atomic mass is 9.72. The van der Waals surface area contributed by atoms with Crippen LogP contribution in [0.5, 0.6) is 0 Å². The number of nitrogens with one attached hydrogen (secondary N) is 1. The van der Waals surface area contributed by atoms with Crippen molar-refractivity contribution in [2.45, 2.75) is 58.5 Å². The van der Waals surface area contributed by atoms with Gasteiger partial charge in [0.05, 0.1) is 0 Å². The number of hydrogen-bond acceptors (Lipinski definition) is 2. The molecular formula is C12H24N2O2. The van der Waals surface area contributed by atoms with E-state index in [1.54, 1.807) is 0 Å². The van der Waals surface area contributed by atoms with E-state index in [0.29, 0.717) is 12.0 Å². The van der Waals surface area contributed by atoms with Crippen molar-refractivity contribution < 1.29 is 9.90 Å². The molecule has 0 spiro atoms. The molecule has 0 aromatic rings. The number of amides is 1. The van der Waals surface area contributed by atoms with Gasteiger partial charge in [0.1, 0.15) is 0 Å². The molecule has 0 aliphatic heterocycles. The molecule has 0 bridgehead atoms. The maximum atomic E-state index is 10.8. The van der Waals surface area contributed by atoms with Crippen molar-refractivity contribution in [1.29, 1.82) is 0 Å². The number of hydrogen-bond donors (Lipinski definition) is 3. The molecule has 1 saturated carbocycles. The standard InChI is InChI=1S/C12H24N2O2/c1-12(2,3)10(14-11(15)16)8-4-6-9(13)7-5-8/h8-10,14H,4-7,13H2,1-3H3,(H,15,16)/t8-,9-,10?.